The van der Waals surface area contributed by atoms with Crippen molar-refractivity contribution in [3.8, 4) is 11.5 Å². The molecule has 0 radical (unpaired) electrons. The second-order valence-corrected chi connectivity index (χ2v) is 5.55. The van der Waals surface area contributed by atoms with E-state index < -0.39 is 0 Å². The number of benzene rings is 2. The molecule has 3 nitrogen and oxygen atoms in total. The van der Waals surface area contributed by atoms with Gasteiger partial charge in [-0.2, -0.15) is 0 Å². The van der Waals surface area contributed by atoms with Crippen molar-refractivity contribution >= 4 is 21.6 Å². The maximum atomic E-state index is 5.46. The maximum Gasteiger partial charge on any atom is 0.133 e. The lowest BCUT2D eigenvalue weighted by molar-refractivity contribution is 0.406. The van der Waals surface area contributed by atoms with Gasteiger partial charge in [-0.3, -0.25) is 0 Å². The summed E-state index contributed by atoms with van der Waals surface area (Å²) in [6.45, 7) is 2.16. The number of rotatable bonds is 6. The van der Waals surface area contributed by atoms with Crippen molar-refractivity contribution < 1.29 is 9.47 Å². The summed E-state index contributed by atoms with van der Waals surface area (Å²) in [6, 6.07) is 14.3. The average molecular weight is 350 g/mol. The molecule has 2 aromatic rings. The van der Waals surface area contributed by atoms with Crippen LogP contribution in [0.25, 0.3) is 0 Å². The molecule has 0 aliphatic rings. The Bertz CT molecular complexity index is 601. The van der Waals surface area contributed by atoms with Crippen LogP contribution in [0.5, 0.6) is 11.5 Å². The normalized spacial score (nSPS) is 11.8. The van der Waals surface area contributed by atoms with Gasteiger partial charge < -0.3 is 14.8 Å². The predicted molar refractivity (Wildman–Crippen MR) is 90.3 cm³/mol. The number of hydrogen-bond donors (Lipinski definition) is 1. The van der Waals surface area contributed by atoms with Crippen LogP contribution in [0.3, 0.4) is 0 Å². The molecular formula is C17H20BrNO2. The SMILES string of the molecule is CCC(Nc1ccc(OC)c(Br)c1)c1ccccc1OC. The first kappa shape index (κ1) is 15.7. The molecule has 0 spiro atoms. The second-order valence-electron chi connectivity index (χ2n) is 4.70. The molecule has 0 aliphatic carbocycles. The van der Waals surface area contributed by atoms with Gasteiger partial charge >= 0.3 is 0 Å². The Morgan fingerprint density at radius 3 is 2.38 bits per heavy atom. The van der Waals surface area contributed by atoms with E-state index in [2.05, 4.69) is 34.2 Å². The molecule has 0 aliphatic heterocycles. The van der Waals surface area contributed by atoms with Gasteiger partial charge in [-0.05, 0) is 46.6 Å². The first-order valence-electron chi connectivity index (χ1n) is 6.92. The minimum absolute atomic E-state index is 0.196. The van der Waals surface area contributed by atoms with Crippen LogP contribution < -0.4 is 14.8 Å². The van der Waals surface area contributed by atoms with Crippen molar-refractivity contribution in [2.45, 2.75) is 19.4 Å². The van der Waals surface area contributed by atoms with Crippen LogP contribution in [0, 0.1) is 0 Å². The van der Waals surface area contributed by atoms with Gasteiger partial charge in [0.25, 0.3) is 0 Å². The fourth-order valence-electron chi connectivity index (χ4n) is 2.31. The quantitative estimate of drug-likeness (QED) is 0.793. The van der Waals surface area contributed by atoms with Crippen molar-refractivity contribution in [3.63, 3.8) is 0 Å². The zero-order chi connectivity index (χ0) is 15.2. The molecule has 2 rings (SSSR count). The number of nitrogens with one attached hydrogen (secondary N) is 1. The molecule has 21 heavy (non-hydrogen) atoms. The molecule has 0 saturated carbocycles. The van der Waals surface area contributed by atoms with E-state index in [9.17, 15) is 0 Å². The number of hydrogen-bond acceptors (Lipinski definition) is 3. The lowest BCUT2D eigenvalue weighted by Crippen LogP contribution is -2.11. The van der Waals surface area contributed by atoms with Gasteiger partial charge in [0.15, 0.2) is 0 Å². The molecule has 1 unspecified atom stereocenters. The Morgan fingerprint density at radius 2 is 1.76 bits per heavy atom. The Labute approximate surface area is 134 Å². The second kappa shape index (κ2) is 7.36. The average Bonchev–Trinajstić information content (AvgIpc) is 2.52. The van der Waals surface area contributed by atoms with E-state index in [1.807, 2.05) is 36.4 Å². The summed E-state index contributed by atoms with van der Waals surface area (Å²) in [5.74, 6) is 1.73. The third-order valence-corrected chi connectivity index (χ3v) is 4.03. The molecule has 0 amide bonds. The molecule has 4 heteroatoms. The van der Waals surface area contributed by atoms with E-state index in [1.165, 1.54) is 0 Å². The predicted octanol–water partition coefficient (Wildman–Crippen LogP) is 5.03. The highest BCUT2D eigenvalue weighted by Gasteiger charge is 2.14. The topological polar surface area (TPSA) is 30.5 Å². The van der Waals surface area contributed by atoms with Gasteiger partial charge in [-0.15, -0.1) is 0 Å². The van der Waals surface area contributed by atoms with Crippen LogP contribution in [0.4, 0.5) is 5.69 Å². The van der Waals surface area contributed by atoms with Crippen molar-refractivity contribution in [1.82, 2.24) is 0 Å². The van der Waals surface area contributed by atoms with Crippen LogP contribution in [-0.2, 0) is 0 Å². The fourth-order valence-corrected chi connectivity index (χ4v) is 2.85. The van der Waals surface area contributed by atoms with Gasteiger partial charge in [-0.25, -0.2) is 0 Å². The number of anilines is 1. The highest BCUT2D eigenvalue weighted by Crippen LogP contribution is 2.33. The molecule has 0 heterocycles. The van der Waals surface area contributed by atoms with Crippen LogP contribution in [0.15, 0.2) is 46.9 Å². The number of ether oxygens (including phenoxy) is 2. The summed E-state index contributed by atoms with van der Waals surface area (Å²) >= 11 is 3.51. The van der Waals surface area contributed by atoms with Crippen LogP contribution >= 0.6 is 15.9 Å². The van der Waals surface area contributed by atoms with Gasteiger partial charge in [0.05, 0.1) is 24.7 Å². The Hall–Kier alpha value is -1.68. The zero-order valence-electron chi connectivity index (χ0n) is 12.5. The molecule has 1 atom stereocenters. The van der Waals surface area contributed by atoms with E-state index in [0.717, 1.165) is 33.6 Å². The number of methoxy groups -OCH3 is 2. The number of halogens is 1. The molecule has 0 saturated heterocycles. The molecule has 1 N–H and O–H groups in total. The van der Waals surface area contributed by atoms with Crippen LogP contribution in [0.2, 0.25) is 0 Å². The summed E-state index contributed by atoms with van der Waals surface area (Å²) in [7, 11) is 3.37. The van der Waals surface area contributed by atoms with Gasteiger partial charge in [0.1, 0.15) is 11.5 Å². The fraction of sp³-hybridized carbons (Fsp3) is 0.294. The standard InChI is InChI=1S/C17H20BrNO2/c1-4-15(13-7-5-6-8-16(13)20-2)19-12-9-10-17(21-3)14(18)11-12/h5-11,15,19H,4H2,1-3H3. The van der Waals surface area contributed by atoms with E-state index >= 15 is 0 Å². The zero-order valence-corrected chi connectivity index (χ0v) is 14.1. The lowest BCUT2D eigenvalue weighted by Gasteiger charge is -2.21. The molecule has 0 bridgehead atoms. The summed E-state index contributed by atoms with van der Waals surface area (Å²) < 4.78 is 11.6. The van der Waals surface area contributed by atoms with Crippen LogP contribution in [-0.4, -0.2) is 14.2 Å². The van der Waals surface area contributed by atoms with E-state index in [1.54, 1.807) is 14.2 Å². The molecule has 112 valence electrons. The Kier molecular flexibility index (Phi) is 5.51. The van der Waals surface area contributed by atoms with Crippen LogP contribution in [0.1, 0.15) is 24.9 Å². The van der Waals surface area contributed by atoms with Crippen molar-refractivity contribution in [1.29, 1.82) is 0 Å². The maximum absolute atomic E-state index is 5.46. The highest BCUT2D eigenvalue weighted by atomic mass is 79.9. The third kappa shape index (κ3) is 3.70. The van der Waals surface area contributed by atoms with Crippen molar-refractivity contribution in [2.75, 3.05) is 19.5 Å². The van der Waals surface area contributed by atoms with Crippen molar-refractivity contribution in [2.24, 2.45) is 0 Å². The minimum atomic E-state index is 0.196. The molecule has 2 aromatic carbocycles. The first-order chi connectivity index (χ1) is 10.2. The third-order valence-electron chi connectivity index (χ3n) is 3.42. The highest BCUT2D eigenvalue weighted by molar-refractivity contribution is 9.10. The first-order valence-corrected chi connectivity index (χ1v) is 7.71. The summed E-state index contributed by atoms with van der Waals surface area (Å²) in [5.41, 5.74) is 2.20. The smallest absolute Gasteiger partial charge is 0.133 e. The lowest BCUT2D eigenvalue weighted by atomic mass is 10.0. The number of para-hydroxylation sites is 1. The van der Waals surface area contributed by atoms with Gasteiger partial charge in [0, 0.05) is 11.3 Å². The molecule has 0 fully saturated rings. The van der Waals surface area contributed by atoms with Crippen molar-refractivity contribution in [3.05, 3.63) is 52.5 Å². The van der Waals surface area contributed by atoms with E-state index in [4.69, 9.17) is 9.47 Å². The van der Waals surface area contributed by atoms with Gasteiger partial charge in [-0.1, -0.05) is 25.1 Å². The molecule has 0 aromatic heterocycles. The van der Waals surface area contributed by atoms with Gasteiger partial charge in [0.2, 0.25) is 0 Å². The largest absolute Gasteiger partial charge is 0.496 e. The monoisotopic (exact) mass is 349 g/mol. The summed E-state index contributed by atoms with van der Waals surface area (Å²) in [5, 5.41) is 3.55. The summed E-state index contributed by atoms with van der Waals surface area (Å²) in [6.07, 6.45) is 0.962. The van der Waals surface area contributed by atoms with E-state index in [0.29, 0.717) is 0 Å². The Morgan fingerprint density at radius 1 is 1.05 bits per heavy atom. The van der Waals surface area contributed by atoms with E-state index in [-0.39, 0.29) is 6.04 Å². The summed E-state index contributed by atoms with van der Waals surface area (Å²) in [4.78, 5) is 0. The minimum Gasteiger partial charge on any atom is -0.496 e. The molecular weight excluding hydrogens is 330 g/mol. The Balaban J connectivity index is 2.25.